The molecular weight excluding hydrogens is 367 g/mol. The van der Waals surface area contributed by atoms with Crippen molar-refractivity contribution in [3.05, 3.63) is 59.2 Å². The molecule has 4 nitrogen and oxygen atoms in total. The zero-order valence-electron chi connectivity index (χ0n) is 15.7. The minimum atomic E-state index is -4.53. The predicted molar refractivity (Wildman–Crippen MR) is 102 cm³/mol. The predicted octanol–water partition coefficient (Wildman–Crippen LogP) is 3.95. The van der Waals surface area contributed by atoms with Gasteiger partial charge >= 0.3 is 6.18 Å². The van der Waals surface area contributed by atoms with Gasteiger partial charge in [-0.05, 0) is 42.3 Å². The molecule has 2 aromatic carbocycles. The van der Waals surface area contributed by atoms with E-state index < -0.39 is 11.7 Å². The molecule has 7 heteroatoms. The molecule has 28 heavy (non-hydrogen) atoms. The van der Waals surface area contributed by atoms with Crippen molar-refractivity contribution in [1.29, 1.82) is 5.26 Å². The van der Waals surface area contributed by atoms with Gasteiger partial charge in [0.15, 0.2) is 0 Å². The second kappa shape index (κ2) is 8.53. The van der Waals surface area contributed by atoms with Crippen LogP contribution in [0.4, 0.5) is 18.9 Å². The molecule has 0 bridgehead atoms. The average molecular weight is 389 g/mol. The molecule has 0 aromatic heterocycles. The first-order valence-electron chi connectivity index (χ1n) is 9.12. The molecule has 0 aliphatic carbocycles. The first-order valence-corrected chi connectivity index (χ1v) is 9.12. The second-order valence-corrected chi connectivity index (χ2v) is 6.77. The minimum absolute atomic E-state index is 0.339. The highest BCUT2D eigenvalue weighted by Crippen LogP contribution is 2.34. The van der Waals surface area contributed by atoms with Crippen LogP contribution in [0.1, 0.15) is 16.7 Å². The molecule has 1 saturated heterocycles. The number of hydrogen-bond acceptors (Lipinski definition) is 4. The van der Waals surface area contributed by atoms with Crippen molar-refractivity contribution in [2.75, 3.05) is 44.7 Å². The Bertz CT molecular complexity index is 835. The van der Waals surface area contributed by atoms with E-state index in [1.807, 2.05) is 29.2 Å². The van der Waals surface area contributed by atoms with Crippen LogP contribution in [0.15, 0.2) is 42.5 Å². The molecule has 1 fully saturated rings. The Labute approximate surface area is 162 Å². The topological polar surface area (TPSA) is 39.5 Å². The molecule has 0 unspecified atom stereocenters. The van der Waals surface area contributed by atoms with Crippen molar-refractivity contribution in [2.24, 2.45) is 0 Å². The number of anilines is 1. The van der Waals surface area contributed by atoms with Crippen LogP contribution in [0.3, 0.4) is 0 Å². The largest absolute Gasteiger partial charge is 0.497 e. The number of hydrogen-bond donors (Lipinski definition) is 0. The second-order valence-electron chi connectivity index (χ2n) is 6.77. The van der Waals surface area contributed by atoms with Crippen molar-refractivity contribution < 1.29 is 17.9 Å². The maximum Gasteiger partial charge on any atom is 0.417 e. The van der Waals surface area contributed by atoms with Gasteiger partial charge < -0.3 is 9.64 Å². The summed E-state index contributed by atoms with van der Waals surface area (Å²) in [5.74, 6) is 0.831. The maximum absolute atomic E-state index is 13.2. The van der Waals surface area contributed by atoms with E-state index in [2.05, 4.69) is 4.90 Å². The van der Waals surface area contributed by atoms with Gasteiger partial charge in [-0.1, -0.05) is 12.1 Å². The fraction of sp³-hybridized carbons (Fsp3) is 0.381. The summed E-state index contributed by atoms with van der Waals surface area (Å²) in [5, 5.41) is 8.92. The third kappa shape index (κ3) is 4.76. The summed E-state index contributed by atoms with van der Waals surface area (Å²) in [6.45, 7) is 3.80. The fourth-order valence-electron chi connectivity index (χ4n) is 3.37. The maximum atomic E-state index is 13.2. The standard InChI is InChI=1S/C21H22F3N3O/c1-28-19-6-2-16(3-7-19)8-9-26-10-12-27(13-11-26)18-5-4-17(15-25)20(14-18)21(22,23)24/h2-7,14H,8-13H2,1H3. The number of alkyl halides is 3. The van der Waals surface area contributed by atoms with E-state index in [9.17, 15) is 13.2 Å². The summed E-state index contributed by atoms with van der Waals surface area (Å²) >= 11 is 0. The van der Waals surface area contributed by atoms with Gasteiger partial charge in [-0.2, -0.15) is 18.4 Å². The van der Waals surface area contributed by atoms with Crippen LogP contribution in [0.5, 0.6) is 5.75 Å². The molecule has 0 radical (unpaired) electrons. The van der Waals surface area contributed by atoms with Crippen LogP contribution in [-0.2, 0) is 12.6 Å². The Morgan fingerprint density at radius 3 is 2.29 bits per heavy atom. The van der Waals surface area contributed by atoms with Crippen LogP contribution in [0.2, 0.25) is 0 Å². The highest BCUT2D eigenvalue weighted by molar-refractivity contribution is 5.55. The zero-order chi connectivity index (χ0) is 20.1. The summed E-state index contributed by atoms with van der Waals surface area (Å²) in [6.07, 6.45) is -3.61. The molecular formula is C21H22F3N3O. The van der Waals surface area contributed by atoms with Crippen molar-refractivity contribution in [1.82, 2.24) is 4.90 Å². The number of methoxy groups -OCH3 is 1. The number of rotatable bonds is 5. The van der Waals surface area contributed by atoms with Crippen LogP contribution < -0.4 is 9.64 Å². The van der Waals surface area contributed by atoms with Gasteiger partial charge in [0.05, 0.1) is 24.3 Å². The Kier molecular flexibility index (Phi) is 6.10. The normalized spacial score (nSPS) is 15.3. The molecule has 0 amide bonds. The van der Waals surface area contributed by atoms with Crippen LogP contribution in [0, 0.1) is 11.3 Å². The molecule has 0 spiro atoms. The lowest BCUT2D eigenvalue weighted by molar-refractivity contribution is -0.137. The first kappa shape index (κ1) is 20.0. The lowest BCUT2D eigenvalue weighted by Gasteiger charge is -2.36. The van der Waals surface area contributed by atoms with Gasteiger partial charge in [0, 0.05) is 38.4 Å². The Morgan fingerprint density at radius 2 is 1.71 bits per heavy atom. The van der Waals surface area contributed by atoms with E-state index in [1.54, 1.807) is 19.2 Å². The number of nitrogens with zero attached hydrogens (tertiary/aromatic N) is 3. The summed E-state index contributed by atoms with van der Waals surface area (Å²) in [5.41, 5.74) is 0.537. The van der Waals surface area contributed by atoms with Gasteiger partial charge in [0.1, 0.15) is 5.75 Å². The molecule has 1 aliphatic heterocycles. The van der Waals surface area contributed by atoms with Crippen molar-refractivity contribution in [3.8, 4) is 11.8 Å². The number of benzene rings is 2. The molecule has 2 aromatic rings. The lowest BCUT2D eigenvalue weighted by Crippen LogP contribution is -2.47. The number of halogens is 3. The van der Waals surface area contributed by atoms with Gasteiger partial charge in [0.2, 0.25) is 0 Å². The Balaban J connectivity index is 1.57. The molecule has 148 valence electrons. The molecule has 1 aliphatic rings. The summed E-state index contributed by atoms with van der Waals surface area (Å²) < 4.78 is 44.7. The molecule has 0 atom stereocenters. The average Bonchev–Trinajstić information content (AvgIpc) is 2.72. The van der Waals surface area contributed by atoms with E-state index in [4.69, 9.17) is 10.00 Å². The van der Waals surface area contributed by atoms with Crippen LogP contribution in [-0.4, -0.2) is 44.7 Å². The molecule has 0 N–H and O–H groups in total. The molecule has 0 saturated carbocycles. The number of ether oxygens (including phenoxy) is 1. The van der Waals surface area contributed by atoms with E-state index in [1.165, 1.54) is 11.6 Å². The monoisotopic (exact) mass is 389 g/mol. The number of piperazine rings is 1. The van der Waals surface area contributed by atoms with E-state index in [-0.39, 0.29) is 5.56 Å². The third-order valence-electron chi connectivity index (χ3n) is 5.04. The fourth-order valence-corrected chi connectivity index (χ4v) is 3.37. The van der Waals surface area contributed by atoms with Crippen molar-refractivity contribution >= 4 is 5.69 Å². The van der Waals surface area contributed by atoms with Crippen molar-refractivity contribution in [2.45, 2.75) is 12.6 Å². The summed E-state index contributed by atoms with van der Waals surface area (Å²) in [7, 11) is 1.64. The highest BCUT2D eigenvalue weighted by atomic mass is 19.4. The zero-order valence-corrected chi connectivity index (χ0v) is 15.7. The van der Waals surface area contributed by atoms with Gasteiger partial charge in [0.25, 0.3) is 0 Å². The Hall–Kier alpha value is -2.72. The summed E-state index contributed by atoms with van der Waals surface area (Å²) in [6, 6.07) is 13.5. The van der Waals surface area contributed by atoms with Gasteiger partial charge in [-0.15, -0.1) is 0 Å². The van der Waals surface area contributed by atoms with E-state index in [0.717, 1.165) is 37.9 Å². The van der Waals surface area contributed by atoms with E-state index >= 15 is 0 Å². The first-order chi connectivity index (χ1) is 13.4. The van der Waals surface area contributed by atoms with Crippen LogP contribution in [0.25, 0.3) is 0 Å². The highest BCUT2D eigenvalue weighted by Gasteiger charge is 2.34. The number of nitriles is 1. The Morgan fingerprint density at radius 1 is 1.04 bits per heavy atom. The van der Waals surface area contributed by atoms with Crippen molar-refractivity contribution in [3.63, 3.8) is 0 Å². The smallest absolute Gasteiger partial charge is 0.417 e. The van der Waals surface area contributed by atoms with Crippen LogP contribution >= 0.6 is 0 Å². The van der Waals surface area contributed by atoms with Gasteiger partial charge in [-0.3, -0.25) is 4.90 Å². The minimum Gasteiger partial charge on any atom is -0.497 e. The summed E-state index contributed by atoms with van der Waals surface area (Å²) in [4.78, 5) is 4.26. The molecule has 3 rings (SSSR count). The molecule has 1 heterocycles. The quantitative estimate of drug-likeness (QED) is 0.776. The SMILES string of the molecule is COc1ccc(CCN2CCN(c3ccc(C#N)c(C(F)(F)F)c3)CC2)cc1. The third-order valence-corrected chi connectivity index (χ3v) is 5.04. The lowest BCUT2D eigenvalue weighted by atomic mass is 10.1. The van der Waals surface area contributed by atoms with Gasteiger partial charge in [-0.25, -0.2) is 0 Å². The van der Waals surface area contributed by atoms with E-state index in [0.29, 0.717) is 18.8 Å².